The van der Waals surface area contributed by atoms with Gasteiger partial charge in [0.05, 0.1) is 31.5 Å². The van der Waals surface area contributed by atoms with E-state index in [9.17, 15) is 54.0 Å². The molecule has 76 heavy (non-hydrogen) atoms. The summed E-state index contributed by atoms with van der Waals surface area (Å²) in [5, 5.41) is 71.2. The first kappa shape index (κ1) is 65.3. The highest BCUT2D eigenvalue weighted by Crippen LogP contribution is 2.24. The Kier molecular flexibility index (Phi) is 30.5. The molecule has 2 saturated heterocycles. The number of aliphatic hydroxyl groups excluding tert-OH is 4. The van der Waals surface area contributed by atoms with Crippen molar-refractivity contribution in [3.05, 3.63) is 29.8 Å². The van der Waals surface area contributed by atoms with Crippen LogP contribution in [0.25, 0.3) is 0 Å². The number of nitrogens with zero attached hydrogens (tertiary/aromatic N) is 2. The molecule has 2 aliphatic rings. The zero-order valence-electron chi connectivity index (χ0n) is 45.9. The minimum Gasteiger partial charge on any atom is -0.508 e. The van der Waals surface area contributed by atoms with E-state index in [2.05, 4.69) is 58.0 Å². The number of carbonyl (C=O) groups is 7. The summed E-state index contributed by atoms with van der Waals surface area (Å²) in [6.45, 7) is 10.8. The van der Waals surface area contributed by atoms with Gasteiger partial charge < -0.3 is 73.0 Å². The number of nitrogens with two attached hydrogens (primary N) is 1. The Hall–Kier alpha value is -4.97. The molecular weight excluding hydrogens is 981 g/mol. The second-order valence-electron chi connectivity index (χ2n) is 21.0. The molecule has 0 aromatic heterocycles. The van der Waals surface area contributed by atoms with Crippen LogP contribution in [0.3, 0.4) is 0 Å². The van der Waals surface area contributed by atoms with Gasteiger partial charge in [-0.15, -0.1) is 0 Å². The number of phenols is 1. The van der Waals surface area contributed by atoms with E-state index in [0.29, 0.717) is 44.5 Å². The maximum Gasteiger partial charge on any atom is 0.245 e. The Labute approximate surface area is 450 Å². The average Bonchev–Trinajstić information content (AvgIpc) is 4.05. The van der Waals surface area contributed by atoms with Crippen LogP contribution in [0.2, 0.25) is 0 Å². The first-order chi connectivity index (χ1) is 36.3. The third-order valence-electron chi connectivity index (χ3n) is 14.4. The average molecular weight is 1080 g/mol. The second-order valence-corrected chi connectivity index (χ2v) is 21.0. The number of hydrogen-bond donors (Lipinski definition) is 13. The molecule has 7 amide bonds. The summed E-state index contributed by atoms with van der Waals surface area (Å²) in [5.74, 6) is -3.15. The van der Waals surface area contributed by atoms with Gasteiger partial charge in [0.15, 0.2) is 0 Å². The first-order valence-corrected chi connectivity index (χ1v) is 28.0. The fraction of sp³-hybridized carbons (Fsp3) is 0.759. The van der Waals surface area contributed by atoms with E-state index in [-0.39, 0.29) is 83.0 Å². The summed E-state index contributed by atoms with van der Waals surface area (Å²) in [4.78, 5) is 99.0. The molecule has 2 fully saturated rings. The molecule has 8 unspecified atom stereocenters. The van der Waals surface area contributed by atoms with Crippen molar-refractivity contribution in [2.75, 3.05) is 52.4 Å². The number of benzene rings is 1. The van der Waals surface area contributed by atoms with Crippen LogP contribution in [-0.4, -0.2) is 184 Å². The van der Waals surface area contributed by atoms with Crippen LogP contribution >= 0.6 is 0 Å². The fourth-order valence-corrected chi connectivity index (χ4v) is 9.85. The van der Waals surface area contributed by atoms with Gasteiger partial charge in [-0.05, 0) is 87.9 Å². The van der Waals surface area contributed by atoms with Gasteiger partial charge in [-0.25, -0.2) is 0 Å². The third kappa shape index (κ3) is 22.9. The Bertz CT molecular complexity index is 1930. The quantitative estimate of drug-likeness (QED) is 0.0312. The number of nitrogens with one attached hydrogen (secondary N) is 7. The number of likely N-dealkylation sites (tertiary alicyclic amines) is 2. The molecule has 432 valence electrons. The molecule has 2 aliphatic heterocycles. The summed E-state index contributed by atoms with van der Waals surface area (Å²) in [7, 11) is 0. The maximum absolute atomic E-state index is 14.4. The lowest BCUT2D eigenvalue weighted by atomic mass is 9.91. The standard InChI is InChI=1S/C54H94N10O12/c1-6-35(3)30-36(4)16-12-10-8-9-11-13-19-46(70)58-33-47(71)59-41(7-2)53(75)64-34-40(68)32-44(64)51(73)61-48(45(69)31-38-20-22-39(67)23-21-38)52(74)60-42(17-14-24-55)54(76)63-28-15-18-43(63)50(72)62-49(37(5)66)57-26-25-56-27-29-65/h20-23,35-37,40-45,48-49,56-57,65-69H,6-19,24-34,55H2,1-5H3,(H,58,70)(H,59,71)(H,60,74)(H,61,73)(H,62,72)/t35?,36?,37-,40-,41?,42?,43?,44?,45-,48?,49?/m1/s1. The zero-order chi connectivity index (χ0) is 56.2. The minimum atomic E-state index is -1.74. The summed E-state index contributed by atoms with van der Waals surface area (Å²) in [5.41, 5.74) is 6.34. The van der Waals surface area contributed by atoms with Gasteiger partial charge in [0.2, 0.25) is 41.4 Å². The van der Waals surface area contributed by atoms with Gasteiger partial charge >= 0.3 is 0 Å². The molecule has 0 radical (unpaired) electrons. The lowest BCUT2D eigenvalue weighted by molar-refractivity contribution is -0.144. The maximum atomic E-state index is 14.4. The third-order valence-corrected chi connectivity index (χ3v) is 14.4. The number of carbonyl (C=O) groups excluding carboxylic acids is 7. The SMILES string of the molecule is CCC(C)CC(C)CCCCCCCCC(=O)NCC(=O)NC(CC)C(=O)N1C[C@H](O)CC1C(=O)NC(C(=O)NC(CCCN)C(=O)N1CCCC1C(=O)NC(NCCNCCO)[C@@H](C)O)[C@H](O)Cc1ccc(O)cc1. The van der Waals surface area contributed by atoms with Crippen molar-refractivity contribution in [3.8, 4) is 5.75 Å². The number of β-amino-alcohol motifs (C(OH)–C–C–N with tert-alkyl or cyclic N) is 1. The van der Waals surface area contributed by atoms with Gasteiger partial charge in [0.25, 0.3) is 0 Å². The van der Waals surface area contributed by atoms with Crippen LogP contribution in [0.15, 0.2) is 24.3 Å². The van der Waals surface area contributed by atoms with Crippen molar-refractivity contribution in [2.45, 2.75) is 198 Å². The van der Waals surface area contributed by atoms with E-state index in [1.807, 2.05) is 0 Å². The van der Waals surface area contributed by atoms with Gasteiger partial charge in [0, 0.05) is 52.0 Å². The Morgan fingerprint density at radius 3 is 2.07 bits per heavy atom. The van der Waals surface area contributed by atoms with Crippen molar-refractivity contribution in [1.29, 1.82) is 0 Å². The minimum absolute atomic E-state index is 0.0305. The normalized spacial score (nSPS) is 19.6. The molecule has 22 nitrogen and oxygen atoms in total. The molecular formula is C54H94N10O12. The molecule has 3 rings (SSSR count). The Morgan fingerprint density at radius 2 is 1.41 bits per heavy atom. The van der Waals surface area contributed by atoms with Crippen molar-refractivity contribution in [3.63, 3.8) is 0 Å². The van der Waals surface area contributed by atoms with Crippen molar-refractivity contribution >= 4 is 41.4 Å². The summed E-state index contributed by atoms with van der Waals surface area (Å²) in [6.07, 6.45) is 6.14. The zero-order valence-corrected chi connectivity index (χ0v) is 45.9. The number of aliphatic hydroxyl groups is 4. The largest absolute Gasteiger partial charge is 0.508 e. The fourth-order valence-electron chi connectivity index (χ4n) is 9.85. The van der Waals surface area contributed by atoms with E-state index in [4.69, 9.17) is 10.8 Å². The highest BCUT2D eigenvalue weighted by Gasteiger charge is 2.44. The van der Waals surface area contributed by atoms with Crippen molar-refractivity contribution in [2.24, 2.45) is 17.6 Å². The lowest BCUT2D eigenvalue weighted by Crippen LogP contribution is -2.62. The number of phenolic OH excluding ortho intramolecular Hbond substituents is 1. The number of hydrogen-bond acceptors (Lipinski definition) is 15. The molecule has 1 aromatic carbocycles. The highest BCUT2D eigenvalue weighted by molar-refractivity contribution is 5.97. The molecule has 0 bridgehead atoms. The van der Waals surface area contributed by atoms with Crippen LogP contribution in [-0.2, 0) is 40.0 Å². The molecule has 14 N–H and O–H groups in total. The lowest BCUT2D eigenvalue weighted by Gasteiger charge is -2.33. The van der Waals surface area contributed by atoms with E-state index >= 15 is 0 Å². The first-order valence-electron chi connectivity index (χ1n) is 28.0. The molecule has 2 heterocycles. The van der Waals surface area contributed by atoms with E-state index in [1.165, 1.54) is 68.2 Å². The molecule has 0 spiro atoms. The van der Waals surface area contributed by atoms with Crippen molar-refractivity contribution in [1.82, 2.24) is 47.0 Å². The highest BCUT2D eigenvalue weighted by atomic mass is 16.3. The van der Waals surface area contributed by atoms with E-state index < -0.39 is 90.1 Å². The molecule has 1 aromatic rings. The Balaban J connectivity index is 1.68. The summed E-state index contributed by atoms with van der Waals surface area (Å²) >= 11 is 0. The molecule has 0 saturated carbocycles. The second kappa shape index (κ2) is 35.4. The van der Waals surface area contributed by atoms with E-state index in [1.54, 1.807) is 6.92 Å². The molecule has 11 atom stereocenters. The Morgan fingerprint density at radius 1 is 0.737 bits per heavy atom. The topological polar surface area (TPSA) is 337 Å². The molecule has 22 heteroatoms. The molecule has 0 aliphatic carbocycles. The van der Waals surface area contributed by atoms with Gasteiger partial charge in [-0.3, -0.25) is 38.9 Å². The van der Waals surface area contributed by atoms with Crippen LogP contribution in [0.5, 0.6) is 5.75 Å². The van der Waals surface area contributed by atoms with Gasteiger partial charge in [-0.2, -0.15) is 0 Å². The summed E-state index contributed by atoms with van der Waals surface area (Å²) in [6, 6.07) is -0.642. The van der Waals surface area contributed by atoms with Crippen LogP contribution in [0, 0.1) is 11.8 Å². The predicted octanol–water partition coefficient (Wildman–Crippen LogP) is 0.156. The number of rotatable bonds is 37. The van der Waals surface area contributed by atoms with Crippen molar-refractivity contribution < 1.29 is 59.1 Å². The number of aromatic hydroxyl groups is 1. The van der Waals surface area contributed by atoms with Crippen LogP contribution in [0.4, 0.5) is 0 Å². The monoisotopic (exact) mass is 1070 g/mol. The summed E-state index contributed by atoms with van der Waals surface area (Å²) < 4.78 is 0. The van der Waals surface area contributed by atoms with Gasteiger partial charge in [-0.1, -0.05) is 84.8 Å². The van der Waals surface area contributed by atoms with Gasteiger partial charge in [0.1, 0.15) is 42.1 Å². The predicted molar refractivity (Wildman–Crippen MR) is 288 cm³/mol. The van der Waals surface area contributed by atoms with E-state index in [0.717, 1.165) is 36.0 Å². The number of amides is 7. The van der Waals surface area contributed by atoms with Crippen LogP contribution in [0.1, 0.15) is 143 Å². The van der Waals surface area contributed by atoms with Crippen LogP contribution < -0.4 is 43.0 Å². The smallest absolute Gasteiger partial charge is 0.245 e. The number of unbranched alkanes of at least 4 members (excludes halogenated alkanes) is 5.